The van der Waals surface area contributed by atoms with E-state index < -0.39 is 0 Å². The van der Waals surface area contributed by atoms with Crippen LogP contribution in [0.15, 0.2) is 0 Å². The van der Waals surface area contributed by atoms with Gasteiger partial charge in [0, 0.05) is 6.54 Å². The van der Waals surface area contributed by atoms with E-state index in [0.29, 0.717) is 18.6 Å². The lowest BCUT2D eigenvalue weighted by molar-refractivity contribution is -0.870. The average Bonchev–Trinajstić information content (AvgIpc) is 2.13. The maximum Gasteiger partial charge on any atom is 0.407 e. The summed E-state index contributed by atoms with van der Waals surface area (Å²) in [5, 5.41) is 2.79. The van der Waals surface area contributed by atoms with Gasteiger partial charge in [0.15, 0.2) is 0 Å². The fourth-order valence-corrected chi connectivity index (χ4v) is 1.43. The molecule has 18 heavy (non-hydrogen) atoms. The second kappa shape index (κ2) is 7.62. The molecule has 0 aromatic rings. The van der Waals surface area contributed by atoms with Gasteiger partial charge in [0.05, 0.1) is 21.1 Å². The molecule has 0 spiro atoms. The number of hydrogen-bond donors (Lipinski definition) is 1. The van der Waals surface area contributed by atoms with Crippen molar-refractivity contribution in [1.82, 2.24) is 5.32 Å². The monoisotopic (exact) mass is 259 g/mol. The summed E-state index contributed by atoms with van der Waals surface area (Å²) in [4.78, 5) is 11.3. The molecule has 0 bridgehead atoms. The highest BCUT2D eigenvalue weighted by atomic mass is 16.5. The highest BCUT2D eigenvalue weighted by Gasteiger charge is 2.10. The maximum atomic E-state index is 11.3. The van der Waals surface area contributed by atoms with E-state index in [4.69, 9.17) is 4.74 Å². The highest BCUT2D eigenvalue weighted by Crippen LogP contribution is 2.21. The molecule has 108 valence electrons. The Morgan fingerprint density at radius 2 is 1.78 bits per heavy atom. The largest absolute Gasteiger partial charge is 0.444 e. The fourth-order valence-electron chi connectivity index (χ4n) is 1.43. The number of likely N-dealkylation sites (N-methyl/N-ethyl adjacent to an activating group) is 1. The number of hydrogen-bond acceptors (Lipinski definition) is 2. The minimum Gasteiger partial charge on any atom is -0.444 e. The van der Waals surface area contributed by atoms with Gasteiger partial charge >= 0.3 is 6.09 Å². The van der Waals surface area contributed by atoms with Gasteiger partial charge in [-0.15, -0.1) is 0 Å². The summed E-state index contributed by atoms with van der Waals surface area (Å²) in [7, 11) is 6.23. The maximum absolute atomic E-state index is 11.3. The fraction of sp³-hybridized carbons (Fsp3) is 0.929. The number of amides is 1. The first-order valence-corrected chi connectivity index (χ1v) is 6.81. The van der Waals surface area contributed by atoms with E-state index in [1.807, 2.05) is 0 Å². The van der Waals surface area contributed by atoms with Crippen molar-refractivity contribution in [2.45, 2.75) is 40.0 Å². The van der Waals surface area contributed by atoms with Gasteiger partial charge in [0.25, 0.3) is 0 Å². The van der Waals surface area contributed by atoms with Gasteiger partial charge in [-0.1, -0.05) is 27.2 Å². The van der Waals surface area contributed by atoms with Crippen LogP contribution in [0.1, 0.15) is 40.0 Å². The van der Waals surface area contributed by atoms with E-state index >= 15 is 0 Å². The molecule has 0 radical (unpaired) electrons. The normalized spacial score (nSPS) is 12.3. The SMILES string of the molecule is CC(C)(C)CCCCNC(=O)OCC[N+](C)(C)C. The number of carbonyl (C=O) groups excluding carboxylic acids is 1. The molecule has 0 saturated carbocycles. The Hall–Kier alpha value is -0.770. The topological polar surface area (TPSA) is 38.3 Å². The molecular formula is C14H31N2O2+. The summed E-state index contributed by atoms with van der Waals surface area (Å²) < 4.78 is 5.90. The molecule has 0 aromatic carbocycles. The van der Waals surface area contributed by atoms with Crippen molar-refractivity contribution >= 4 is 6.09 Å². The molecule has 1 N–H and O–H groups in total. The molecule has 0 aliphatic heterocycles. The molecule has 0 heterocycles. The number of rotatable bonds is 7. The van der Waals surface area contributed by atoms with E-state index in [1.165, 1.54) is 6.42 Å². The van der Waals surface area contributed by atoms with Crippen LogP contribution in [-0.4, -0.2) is 51.4 Å². The lowest BCUT2D eigenvalue weighted by Gasteiger charge is -2.23. The molecule has 0 atom stereocenters. The van der Waals surface area contributed by atoms with E-state index in [9.17, 15) is 4.79 Å². The summed E-state index contributed by atoms with van der Waals surface area (Å²) in [6.07, 6.45) is 3.05. The van der Waals surface area contributed by atoms with Gasteiger partial charge in [0.1, 0.15) is 13.2 Å². The number of carbonyl (C=O) groups is 1. The van der Waals surface area contributed by atoms with Crippen LogP contribution in [0.5, 0.6) is 0 Å². The summed E-state index contributed by atoms with van der Waals surface area (Å²) in [5.41, 5.74) is 0.380. The van der Waals surface area contributed by atoms with Crippen LogP contribution < -0.4 is 5.32 Å². The number of unbranched alkanes of at least 4 members (excludes halogenated alkanes) is 1. The van der Waals surface area contributed by atoms with Gasteiger partial charge in [-0.05, 0) is 18.3 Å². The smallest absolute Gasteiger partial charge is 0.407 e. The van der Waals surface area contributed by atoms with E-state index in [0.717, 1.165) is 23.9 Å². The highest BCUT2D eigenvalue weighted by molar-refractivity contribution is 5.66. The molecule has 0 fully saturated rings. The van der Waals surface area contributed by atoms with Gasteiger partial charge in [-0.25, -0.2) is 4.79 Å². The van der Waals surface area contributed by atoms with Crippen molar-refractivity contribution in [1.29, 1.82) is 0 Å². The van der Waals surface area contributed by atoms with Gasteiger partial charge < -0.3 is 14.5 Å². The van der Waals surface area contributed by atoms with Crippen LogP contribution in [0.25, 0.3) is 0 Å². The van der Waals surface area contributed by atoms with Gasteiger partial charge in [-0.2, -0.15) is 0 Å². The Balaban J connectivity index is 3.44. The average molecular weight is 259 g/mol. The Labute approximate surface area is 112 Å². The number of ether oxygens (including phenoxy) is 1. The third-order valence-electron chi connectivity index (χ3n) is 2.62. The quantitative estimate of drug-likeness (QED) is 0.564. The van der Waals surface area contributed by atoms with Crippen molar-refractivity contribution in [2.75, 3.05) is 40.8 Å². The molecule has 0 aliphatic rings. The second-order valence-corrected chi connectivity index (χ2v) is 7.09. The zero-order chi connectivity index (χ0) is 14.2. The molecule has 0 rings (SSSR count). The predicted octanol–water partition coefficient (Wildman–Crippen LogP) is 2.64. The molecule has 0 aromatic heterocycles. The lowest BCUT2D eigenvalue weighted by atomic mass is 9.90. The molecule has 4 nitrogen and oxygen atoms in total. The third kappa shape index (κ3) is 13.3. The van der Waals surface area contributed by atoms with Crippen LogP contribution in [0, 0.1) is 5.41 Å². The number of alkyl carbamates (subject to hydrolysis) is 1. The van der Waals surface area contributed by atoms with Gasteiger partial charge in [0.2, 0.25) is 0 Å². The van der Waals surface area contributed by atoms with Crippen LogP contribution in [-0.2, 0) is 4.74 Å². The van der Waals surface area contributed by atoms with E-state index in [-0.39, 0.29) is 6.09 Å². The number of quaternary nitrogens is 1. The first kappa shape index (κ1) is 17.2. The van der Waals surface area contributed by atoms with Crippen molar-refractivity contribution < 1.29 is 14.0 Å². The Morgan fingerprint density at radius 3 is 2.28 bits per heavy atom. The molecule has 0 saturated heterocycles. The zero-order valence-corrected chi connectivity index (χ0v) is 13.0. The van der Waals surface area contributed by atoms with Crippen molar-refractivity contribution in [2.24, 2.45) is 5.41 Å². The summed E-state index contributed by atoms with van der Waals surface area (Å²) in [6.45, 7) is 8.71. The van der Waals surface area contributed by atoms with E-state index in [1.54, 1.807) is 0 Å². The van der Waals surface area contributed by atoms with Crippen molar-refractivity contribution in [3.63, 3.8) is 0 Å². The van der Waals surface area contributed by atoms with Crippen LogP contribution in [0.4, 0.5) is 4.79 Å². The van der Waals surface area contributed by atoms with Crippen molar-refractivity contribution in [3.8, 4) is 0 Å². The van der Waals surface area contributed by atoms with Crippen LogP contribution >= 0.6 is 0 Å². The third-order valence-corrected chi connectivity index (χ3v) is 2.62. The van der Waals surface area contributed by atoms with Crippen molar-refractivity contribution in [3.05, 3.63) is 0 Å². The molecule has 0 aliphatic carbocycles. The standard InChI is InChI=1S/C14H30N2O2/c1-14(2,3)9-7-8-10-15-13(17)18-12-11-16(4,5)6/h7-12H2,1-6H3/p+1. The number of nitrogens with one attached hydrogen (secondary N) is 1. The lowest BCUT2D eigenvalue weighted by Crippen LogP contribution is -2.39. The molecular weight excluding hydrogens is 228 g/mol. The Bertz CT molecular complexity index is 239. The minimum atomic E-state index is -0.292. The first-order chi connectivity index (χ1) is 8.10. The summed E-state index contributed by atoms with van der Waals surface area (Å²) in [6, 6.07) is 0. The Kier molecular flexibility index (Phi) is 7.29. The first-order valence-electron chi connectivity index (χ1n) is 6.81. The summed E-state index contributed by atoms with van der Waals surface area (Å²) >= 11 is 0. The zero-order valence-electron chi connectivity index (χ0n) is 13.0. The summed E-state index contributed by atoms with van der Waals surface area (Å²) in [5.74, 6) is 0. The predicted molar refractivity (Wildman–Crippen MR) is 75.6 cm³/mol. The minimum absolute atomic E-state index is 0.292. The molecule has 1 amide bonds. The van der Waals surface area contributed by atoms with Crippen LogP contribution in [0.3, 0.4) is 0 Å². The molecule has 0 unspecified atom stereocenters. The number of nitrogens with zero attached hydrogens (tertiary/aromatic N) is 1. The Morgan fingerprint density at radius 1 is 1.17 bits per heavy atom. The molecule has 4 heteroatoms. The van der Waals surface area contributed by atoms with Crippen LogP contribution in [0.2, 0.25) is 0 Å². The second-order valence-electron chi connectivity index (χ2n) is 7.09. The van der Waals surface area contributed by atoms with Gasteiger partial charge in [-0.3, -0.25) is 0 Å². The van der Waals surface area contributed by atoms with E-state index in [2.05, 4.69) is 47.2 Å².